The van der Waals surface area contributed by atoms with Gasteiger partial charge in [-0.25, -0.2) is 22.9 Å². The first-order chi connectivity index (χ1) is 19.2. The molecule has 0 bridgehead atoms. The van der Waals surface area contributed by atoms with E-state index in [0.29, 0.717) is 12.5 Å². The fourth-order valence-electron chi connectivity index (χ4n) is 3.79. The second-order valence-corrected chi connectivity index (χ2v) is 9.71. The van der Waals surface area contributed by atoms with E-state index in [1.807, 2.05) is 0 Å². The van der Waals surface area contributed by atoms with Gasteiger partial charge >= 0.3 is 5.97 Å². The van der Waals surface area contributed by atoms with Crippen molar-refractivity contribution in [2.75, 3.05) is 12.4 Å². The van der Waals surface area contributed by atoms with Crippen LogP contribution in [0.4, 0.5) is 18.3 Å². The van der Waals surface area contributed by atoms with E-state index in [0.717, 1.165) is 43.4 Å². The summed E-state index contributed by atoms with van der Waals surface area (Å²) in [5.74, 6) is 0.0452. The van der Waals surface area contributed by atoms with Crippen LogP contribution in [0.25, 0.3) is 17.3 Å². The van der Waals surface area contributed by atoms with E-state index in [1.165, 1.54) is 25.7 Å². The molecule has 3 aromatic rings. The topological polar surface area (TPSA) is 88.5 Å². The minimum atomic E-state index is -1.51. The number of carbonyl (C=O) groups excluding carboxylic acids is 1. The molecule has 1 aromatic heterocycles. The molecule has 0 aliphatic carbocycles. The molecule has 0 aliphatic rings. The number of anilines is 1. The number of carboxylic acids is 1. The smallest absolute Gasteiger partial charge is 0.371 e. The highest BCUT2D eigenvalue weighted by atomic mass is 32.1. The zero-order valence-corrected chi connectivity index (χ0v) is 23.0. The van der Waals surface area contributed by atoms with Gasteiger partial charge in [0.1, 0.15) is 17.5 Å². The quantitative estimate of drug-likeness (QED) is 0.101. The minimum absolute atomic E-state index is 0.0938. The molecule has 0 spiro atoms. The summed E-state index contributed by atoms with van der Waals surface area (Å²) >= 11 is 1.02. The predicted octanol–water partition coefficient (Wildman–Crippen LogP) is 7.65. The van der Waals surface area contributed by atoms with Gasteiger partial charge in [-0.1, -0.05) is 56.9 Å². The highest BCUT2D eigenvalue weighted by molar-refractivity contribution is 7.14. The monoisotopic (exact) mass is 570 g/mol. The number of nitrogens with one attached hydrogen (secondary N) is 1. The van der Waals surface area contributed by atoms with E-state index in [-0.39, 0.29) is 27.5 Å². The average Bonchev–Trinajstić information content (AvgIpc) is 3.38. The van der Waals surface area contributed by atoms with Gasteiger partial charge in [0.2, 0.25) is 5.76 Å². The summed E-state index contributed by atoms with van der Waals surface area (Å²) in [4.78, 5) is 27.9. The lowest BCUT2D eigenvalue weighted by atomic mass is 10.1. The van der Waals surface area contributed by atoms with Crippen LogP contribution in [0.5, 0.6) is 0 Å². The Morgan fingerprint density at radius 1 is 1.10 bits per heavy atom. The summed E-state index contributed by atoms with van der Waals surface area (Å²) in [6.07, 6.45) is 8.27. The van der Waals surface area contributed by atoms with Crippen molar-refractivity contribution in [3.63, 3.8) is 0 Å². The molecule has 1 heterocycles. The van der Waals surface area contributed by atoms with Crippen LogP contribution in [-0.4, -0.2) is 29.1 Å². The van der Waals surface area contributed by atoms with Gasteiger partial charge in [-0.15, -0.1) is 11.3 Å². The lowest BCUT2D eigenvalue weighted by Gasteiger charge is -2.07. The largest absolute Gasteiger partial charge is 0.490 e. The Balaban J connectivity index is 1.69. The number of ether oxygens (including phenoxy) is 1. The molecular weight excluding hydrogens is 541 g/mol. The summed E-state index contributed by atoms with van der Waals surface area (Å²) in [6.45, 7) is 2.17. The number of methoxy groups -OCH3 is 1. The van der Waals surface area contributed by atoms with Gasteiger partial charge in [0, 0.05) is 34.6 Å². The van der Waals surface area contributed by atoms with Gasteiger partial charge in [0.15, 0.2) is 5.13 Å². The number of nitrogens with zero attached hydrogens (tertiary/aromatic N) is 1. The first-order valence-electron chi connectivity index (χ1n) is 12.8. The summed E-state index contributed by atoms with van der Waals surface area (Å²) in [5, 5.41) is 13.1. The van der Waals surface area contributed by atoms with Gasteiger partial charge in [0.05, 0.1) is 18.4 Å². The molecule has 210 valence electrons. The highest BCUT2D eigenvalue weighted by Gasteiger charge is 2.19. The fraction of sp³-hybridized carbons (Fsp3) is 0.300. The van der Waals surface area contributed by atoms with Crippen molar-refractivity contribution in [2.24, 2.45) is 0 Å². The maximum Gasteiger partial charge on any atom is 0.371 e. The van der Waals surface area contributed by atoms with Gasteiger partial charge in [0.25, 0.3) is 5.91 Å². The standard InChI is InChI=1S/C30H29F3N2O4S/c1-3-4-5-6-7-8-9-10-12-19-13-11-14-21(27(19)33)25-18-40-30(34-25)35-28(36)20-15-23(31)22(24(32)16-20)17-26(39-2)29(37)38/h11,13-18H,3-9H2,1-2H3,(H,37,38)(H,34,35,36)/b26-17-. The maximum absolute atomic E-state index is 15.1. The molecule has 0 saturated heterocycles. The molecule has 2 N–H and O–H groups in total. The van der Waals surface area contributed by atoms with Crippen molar-refractivity contribution in [1.82, 2.24) is 4.98 Å². The minimum Gasteiger partial charge on any atom is -0.490 e. The highest BCUT2D eigenvalue weighted by Crippen LogP contribution is 2.29. The molecule has 0 saturated carbocycles. The number of halogens is 3. The summed E-state index contributed by atoms with van der Waals surface area (Å²) in [6, 6.07) is 6.35. The number of aromatic nitrogens is 1. The summed E-state index contributed by atoms with van der Waals surface area (Å²) < 4.78 is 48.7. The second kappa shape index (κ2) is 14.9. The molecule has 1 amide bonds. The van der Waals surface area contributed by atoms with Crippen LogP contribution < -0.4 is 5.32 Å². The van der Waals surface area contributed by atoms with E-state index in [1.54, 1.807) is 23.6 Å². The molecule has 0 fully saturated rings. The lowest BCUT2D eigenvalue weighted by molar-refractivity contribution is -0.135. The van der Waals surface area contributed by atoms with E-state index >= 15 is 4.39 Å². The Morgan fingerprint density at radius 3 is 2.48 bits per heavy atom. The molecule has 3 rings (SSSR count). The molecule has 2 aromatic carbocycles. The van der Waals surface area contributed by atoms with Gasteiger partial charge in [-0.3, -0.25) is 10.1 Å². The summed E-state index contributed by atoms with van der Waals surface area (Å²) in [7, 11) is 1.05. The molecule has 0 atom stereocenters. The Morgan fingerprint density at radius 2 is 1.80 bits per heavy atom. The molecule has 0 radical (unpaired) electrons. The predicted molar refractivity (Wildman–Crippen MR) is 149 cm³/mol. The Hall–Kier alpha value is -4.10. The van der Waals surface area contributed by atoms with Crippen LogP contribution in [0.2, 0.25) is 0 Å². The van der Waals surface area contributed by atoms with Gasteiger partial charge in [-0.2, -0.15) is 0 Å². The van der Waals surface area contributed by atoms with Crippen LogP contribution in [0.3, 0.4) is 0 Å². The van der Waals surface area contributed by atoms with E-state index in [2.05, 4.69) is 33.8 Å². The van der Waals surface area contributed by atoms with Crippen LogP contribution in [0.1, 0.15) is 73.4 Å². The van der Waals surface area contributed by atoms with Crippen molar-refractivity contribution in [1.29, 1.82) is 0 Å². The second-order valence-electron chi connectivity index (χ2n) is 8.85. The number of carbonyl (C=O) groups is 2. The number of aliphatic carboxylic acids is 1. The number of benzene rings is 2. The molecule has 6 nitrogen and oxygen atoms in total. The number of hydrogen-bond donors (Lipinski definition) is 2. The Labute approximate surface area is 234 Å². The third-order valence-electron chi connectivity index (χ3n) is 5.93. The number of unbranched alkanes of at least 4 members (excludes halogenated alkanes) is 6. The number of amides is 1. The van der Waals surface area contributed by atoms with Crippen LogP contribution in [0, 0.1) is 29.3 Å². The van der Waals surface area contributed by atoms with Gasteiger partial charge in [-0.05, 0) is 30.7 Å². The van der Waals surface area contributed by atoms with Crippen molar-refractivity contribution in [2.45, 2.75) is 51.9 Å². The average molecular weight is 571 g/mol. The van der Waals surface area contributed by atoms with Crippen LogP contribution in [0.15, 0.2) is 41.5 Å². The molecule has 10 heteroatoms. The zero-order chi connectivity index (χ0) is 29.1. The first-order valence-corrected chi connectivity index (χ1v) is 13.7. The molecule has 40 heavy (non-hydrogen) atoms. The van der Waals surface area contributed by atoms with Crippen molar-refractivity contribution < 1.29 is 32.6 Å². The van der Waals surface area contributed by atoms with Crippen LogP contribution in [-0.2, 0) is 9.53 Å². The molecule has 0 aliphatic heterocycles. The first kappa shape index (κ1) is 30.4. The van der Waals surface area contributed by atoms with Crippen LogP contribution >= 0.6 is 11.3 Å². The number of thiazole rings is 1. The summed E-state index contributed by atoms with van der Waals surface area (Å²) in [5.41, 5.74) is -0.286. The third-order valence-corrected chi connectivity index (χ3v) is 6.68. The normalized spacial score (nSPS) is 11.1. The Kier molecular flexibility index (Phi) is 11.3. The van der Waals surface area contributed by atoms with Crippen molar-refractivity contribution >= 4 is 34.4 Å². The van der Waals surface area contributed by atoms with E-state index in [4.69, 9.17) is 5.11 Å². The number of carboxylic acid groups (broad SMARTS) is 1. The van der Waals surface area contributed by atoms with E-state index < -0.39 is 40.7 Å². The molecular formula is C30H29F3N2O4S. The number of rotatable bonds is 12. The van der Waals surface area contributed by atoms with Crippen molar-refractivity contribution in [3.05, 3.63) is 75.6 Å². The zero-order valence-electron chi connectivity index (χ0n) is 22.2. The Bertz CT molecular complexity index is 1430. The van der Waals surface area contributed by atoms with Gasteiger partial charge < -0.3 is 9.84 Å². The molecule has 0 unspecified atom stereocenters. The SMILES string of the molecule is CCCCCCCCC#Cc1cccc(-c2csc(NC(=O)c3cc(F)c(/C=C(\OC)C(=O)O)c(F)c3)n2)c1F. The fourth-order valence-corrected chi connectivity index (χ4v) is 4.50. The van der Waals surface area contributed by atoms with E-state index in [9.17, 15) is 18.4 Å². The third kappa shape index (κ3) is 8.20. The van der Waals surface area contributed by atoms with Crippen molar-refractivity contribution in [3.8, 4) is 23.1 Å². The maximum atomic E-state index is 15.1. The number of hydrogen-bond acceptors (Lipinski definition) is 5. The lowest BCUT2D eigenvalue weighted by Crippen LogP contribution is -2.13.